The summed E-state index contributed by atoms with van der Waals surface area (Å²) in [5.41, 5.74) is 0.837. The van der Waals surface area contributed by atoms with Crippen LogP contribution < -0.4 is 0 Å². The van der Waals surface area contributed by atoms with Gasteiger partial charge in [0.1, 0.15) is 17.4 Å². The molecule has 1 aromatic heterocycles. The van der Waals surface area contributed by atoms with Crippen LogP contribution in [-0.2, 0) is 4.74 Å². The number of ether oxygens (including phenoxy) is 1. The van der Waals surface area contributed by atoms with Gasteiger partial charge in [-0.05, 0) is 60.7 Å². The van der Waals surface area contributed by atoms with Crippen molar-refractivity contribution in [2.24, 2.45) is 0 Å². The predicted octanol–water partition coefficient (Wildman–Crippen LogP) is 4.26. The normalized spacial score (nSPS) is 10.5. The van der Waals surface area contributed by atoms with Gasteiger partial charge in [-0.1, -0.05) is 0 Å². The van der Waals surface area contributed by atoms with Gasteiger partial charge in [0.2, 0.25) is 5.76 Å². The Balaban J connectivity index is 1.63. The van der Waals surface area contributed by atoms with Crippen molar-refractivity contribution in [3.63, 3.8) is 0 Å². The predicted molar refractivity (Wildman–Crippen MR) is 85.1 cm³/mol. The fourth-order valence-corrected chi connectivity index (χ4v) is 2.14. The van der Waals surface area contributed by atoms with Gasteiger partial charge in [0, 0.05) is 11.1 Å². The molecule has 0 saturated heterocycles. The zero-order chi connectivity index (χ0) is 17.8. The third-order valence-electron chi connectivity index (χ3n) is 3.44. The Morgan fingerprint density at radius 1 is 0.840 bits per heavy atom. The van der Waals surface area contributed by atoms with Gasteiger partial charge in [0.15, 0.2) is 12.4 Å². The number of hydrogen-bond acceptors (Lipinski definition) is 4. The molecule has 1 heterocycles. The second-order valence-electron chi connectivity index (χ2n) is 5.18. The molecular formula is C19H12F2O4. The number of hydrogen-bond donors (Lipinski definition) is 0. The van der Waals surface area contributed by atoms with Crippen LogP contribution in [0.1, 0.15) is 20.9 Å². The number of rotatable bonds is 5. The molecule has 0 spiro atoms. The van der Waals surface area contributed by atoms with Crippen molar-refractivity contribution in [2.75, 3.05) is 6.61 Å². The number of carbonyl (C=O) groups excluding carboxylic acids is 2. The van der Waals surface area contributed by atoms with Gasteiger partial charge in [-0.2, -0.15) is 0 Å². The first-order valence-electron chi connectivity index (χ1n) is 7.34. The van der Waals surface area contributed by atoms with E-state index in [4.69, 9.17) is 9.15 Å². The first-order valence-corrected chi connectivity index (χ1v) is 7.34. The molecule has 0 saturated carbocycles. The van der Waals surface area contributed by atoms with Crippen molar-refractivity contribution >= 4 is 11.8 Å². The molecule has 126 valence electrons. The number of ketones is 1. The summed E-state index contributed by atoms with van der Waals surface area (Å²) in [6.07, 6.45) is 0. The van der Waals surface area contributed by atoms with Gasteiger partial charge in [-0.15, -0.1) is 0 Å². The second-order valence-corrected chi connectivity index (χ2v) is 5.18. The number of benzene rings is 2. The molecule has 0 aliphatic heterocycles. The Morgan fingerprint density at radius 2 is 1.44 bits per heavy atom. The summed E-state index contributed by atoms with van der Waals surface area (Å²) < 4.78 is 36.0. The average Bonchev–Trinajstić information content (AvgIpc) is 3.11. The van der Waals surface area contributed by atoms with Gasteiger partial charge < -0.3 is 9.15 Å². The van der Waals surface area contributed by atoms with Crippen molar-refractivity contribution in [3.8, 4) is 11.3 Å². The highest BCUT2D eigenvalue weighted by molar-refractivity contribution is 5.98. The van der Waals surface area contributed by atoms with E-state index in [-0.39, 0.29) is 17.1 Å². The zero-order valence-electron chi connectivity index (χ0n) is 12.9. The van der Waals surface area contributed by atoms with Crippen LogP contribution in [0.15, 0.2) is 65.1 Å². The number of furan rings is 1. The molecule has 0 radical (unpaired) electrons. The highest BCUT2D eigenvalue weighted by atomic mass is 19.1. The van der Waals surface area contributed by atoms with E-state index < -0.39 is 24.2 Å². The lowest BCUT2D eigenvalue weighted by atomic mass is 10.1. The van der Waals surface area contributed by atoms with E-state index in [2.05, 4.69) is 0 Å². The number of carbonyl (C=O) groups is 2. The Hall–Kier alpha value is -3.28. The summed E-state index contributed by atoms with van der Waals surface area (Å²) in [5.74, 6) is -1.81. The number of esters is 1. The number of halogens is 2. The van der Waals surface area contributed by atoms with Crippen LogP contribution in [0.3, 0.4) is 0 Å². The molecule has 3 aromatic rings. The molecular weight excluding hydrogens is 330 g/mol. The third-order valence-corrected chi connectivity index (χ3v) is 3.44. The molecule has 0 aliphatic carbocycles. The van der Waals surface area contributed by atoms with E-state index in [0.29, 0.717) is 11.3 Å². The Kier molecular flexibility index (Phi) is 4.70. The molecule has 0 atom stereocenters. The molecule has 25 heavy (non-hydrogen) atoms. The van der Waals surface area contributed by atoms with Crippen molar-refractivity contribution in [1.29, 1.82) is 0 Å². The second kappa shape index (κ2) is 7.09. The van der Waals surface area contributed by atoms with Crippen LogP contribution in [0.25, 0.3) is 11.3 Å². The topological polar surface area (TPSA) is 56.5 Å². The molecule has 0 amide bonds. The van der Waals surface area contributed by atoms with Gasteiger partial charge in [0.05, 0.1) is 0 Å². The Bertz CT molecular complexity index is 896. The SMILES string of the molecule is O=C(COC(=O)c1ccc(-c2ccc(F)cc2)o1)c1ccc(F)cc1. The lowest BCUT2D eigenvalue weighted by Gasteiger charge is -2.03. The number of Topliss-reactive ketones (excluding diaryl/α,β-unsaturated/α-hetero) is 1. The molecule has 0 fully saturated rings. The summed E-state index contributed by atoms with van der Waals surface area (Å²) in [7, 11) is 0. The fraction of sp³-hybridized carbons (Fsp3) is 0.0526. The molecule has 0 aliphatic rings. The van der Waals surface area contributed by atoms with Crippen molar-refractivity contribution in [2.45, 2.75) is 0 Å². The van der Waals surface area contributed by atoms with Crippen LogP contribution in [-0.4, -0.2) is 18.4 Å². The first kappa shape index (κ1) is 16.6. The molecule has 0 unspecified atom stereocenters. The van der Waals surface area contributed by atoms with E-state index in [1.54, 1.807) is 6.07 Å². The molecule has 0 bridgehead atoms. The molecule has 6 heteroatoms. The van der Waals surface area contributed by atoms with Crippen molar-refractivity contribution in [3.05, 3.63) is 83.6 Å². The quantitative estimate of drug-likeness (QED) is 0.513. The molecule has 4 nitrogen and oxygen atoms in total. The summed E-state index contributed by atoms with van der Waals surface area (Å²) in [4.78, 5) is 23.8. The van der Waals surface area contributed by atoms with Crippen LogP contribution in [0.5, 0.6) is 0 Å². The van der Waals surface area contributed by atoms with E-state index in [0.717, 1.165) is 12.1 Å². The summed E-state index contributed by atoms with van der Waals surface area (Å²) in [6.45, 7) is -0.489. The van der Waals surface area contributed by atoms with Crippen LogP contribution in [0.4, 0.5) is 8.78 Å². The maximum atomic E-state index is 12.9. The Labute approximate surface area is 141 Å². The first-order chi connectivity index (χ1) is 12.0. The Morgan fingerprint density at radius 3 is 2.08 bits per heavy atom. The average molecular weight is 342 g/mol. The smallest absolute Gasteiger partial charge is 0.374 e. The highest BCUT2D eigenvalue weighted by Gasteiger charge is 2.16. The van der Waals surface area contributed by atoms with Gasteiger partial charge >= 0.3 is 5.97 Å². The maximum absolute atomic E-state index is 12.9. The summed E-state index contributed by atoms with van der Waals surface area (Å²) in [5, 5.41) is 0. The minimum Gasteiger partial charge on any atom is -0.451 e. The minimum atomic E-state index is -0.802. The van der Waals surface area contributed by atoms with E-state index in [9.17, 15) is 18.4 Å². The van der Waals surface area contributed by atoms with E-state index in [1.165, 1.54) is 42.5 Å². The maximum Gasteiger partial charge on any atom is 0.374 e. The van der Waals surface area contributed by atoms with Crippen molar-refractivity contribution in [1.82, 2.24) is 0 Å². The minimum absolute atomic E-state index is 0.0776. The van der Waals surface area contributed by atoms with E-state index in [1.807, 2.05) is 0 Å². The molecule has 0 N–H and O–H groups in total. The summed E-state index contributed by atoms with van der Waals surface area (Å²) >= 11 is 0. The van der Waals surface area contributed by atoms with Gasteiger partial charge in [-0.3, -0.25) is 4.79 Å². The molecule has 3 rings (SSSR count). The summed E-state index contributed by atoms with van der Waals surface area (Å²) in [6, 6.07) is 13.5. The molecule has 2 aromatic carbocycles. The largest absolute Gasteiger partial charge is 0.451 e. The van der Waals surface area contributed by atoms with E-state index >= 15 is 0 Å². The van der Waals surface area contributed by atoms with Crippen LogP contribution in [0, 0.1) is 11.6 Å². The lowest BCUT2D eigenvalue weighted by Crippen LogP contribution is -2.13. The van der Waals surface area contributed by atoms with Gasteiger partial charge in [-0.25, -0.2) is 13.6 Å². The van der Waals surface area contributed by atoms with Gasteiger partial charge in [0.25, 0.3) is 0 Å². The lowest BCUT2D eigenvalue weighted by molar-refractivity contribution is 0.0445. The third kappa shape index (κ3) is 3.98. The zero-order valence-corrected chi connectivity index (χ0v) is 12.9. The van der Waals surface area contributed by atoms with Crippen molar-refractivity contribution < 1.29 is 27.5 Å². The van der Waals surface area contributed by atoms with Crippen LogP contribution in [0.2, 0.25) is 0 Å². The van der Waals surface area contributed by atoms with Crippen LogP contribution >= 0.6 is 0 Å². The highest BCUT2D eigenvalue weighted by Crippen LogP contribution is 2.22. The standard InChI is InChI=1S/C19H12F2O4/c20-14-5-1-12(2-6-14)16(22)11-24-19(23)18-10-9-17(25-18)13-3-7-15(21)8-4-13/h1-10H,11H2. The fourth-order valence-electron chi connectivity index (χ4n) is 2.14. The monoisotopic (exact) mass is 342 g/mol.